The molecule has 0 fully saturated rings. The van der Waals surface area contributed by atoms with Crippen LogP contribution in [0.15, 0.2) is 48.5 Å². The largest absolute Gasteiger partial charge is 0.354 e. The van der Waals surface area contributed by atoms with Crippen molar-refractivity contribution in [3.8, 4) is 0 Å². The van der Waals surface area contributed by atoms with E-state index in [9.17, 15) is 9.59 Å². The molecule has 2 rings (SSSR count). The van der Waals surface area contributed by atoms with E-state index in [0.717, 1.165) is 5.56 Å². The van der Waals surface area contributed by atoms with Crippen molar-refractivity contribution in [1.29, 1.82) is 0 Å². The molecule has 1 N–H and O–H groups in total. The van der Waals surface area contributed by atoms with Crippen LogP contribution in [0.3, 0.4) is 0 Å². The van der Waals surface area contributed by atoms with Crippen molar-refractivity contribution < 1.29 is 9.59 Å². The van der Waals surface area contributed by atoms with Crippen LogP contribution in [0.1, 0.15) is 15.9 Å². The summed E-state index contributed by atoms with van der Waals surface area (Å²) in [6, 6.07) is 14.3. The molecule has 2 aromatic carbocycles. The van der Waals surface area contributed by atoms with E-state index in [1.165, 1.54) is 4.90 Å². The van der Waals surface area contributed by atoms with Gasteiger partial charge in [-0.05, 0) is 30.2 Å². The molecular formula is C18H18Cl2N2O2. The van der Waals surface area contributed by atoms with Crippen LogP contribution < -0.4 is 5.32 Å². The summed E-state index contributed by atoms with van der Waals surface area (Å²) in [6.45, 7) is 0.420. The van der Waals surface area contributed by atoms with Gasteiger partial charge in [-0.2, -0.15) is 0 Å². The van der Waals surface area contributed by atoms with Gasteiger partial charge >= 0.3 is 0 Å². The maximum Gasteiger partial charge on any atom is 0.254 e. The van der Waals surface area contributed by atoms with E-state index in [2.05, 4.69) is 5.32 Å². The molecule has 0 radical (unpaired) electrons. The molecule has 0 aliphatic carbocycles. The third kappa shape index (κ3) is 4.98. The second-order valence-corrected chi connectivity index (χ2v) is 6.13. The van der Waals surface area contributed by atoms with E-state index in [4.69, 9.17) is 23.2 Å². The molecule has 126 valence electrons. The highest BCUT2D eigenvalue weighted by Gasteiger charge is 2.14. The second kappa shape index (κ2) is 8.71. The summed E-state index contributed by atoms with van der Waals surface area (Å²) in [6.07, 6.45) is 0.571. The van der Waals surface area contributed by atoms with Gasteiger partial charge in [0.15, 0.2) is 0 Å². The summed E-state index contributed by atoms with van der Waals surface area (Å²) in [7, 11) is 1.60. The average molecular weight is 365 g/mol. The van der Waals surface area contributed by atoms with Gasteiger partial charge in [0.2, 0.25) is 5.91 Å². The van der Waals surface area contributed by atoms with Crippen LogP contribution in [0.25, 0.3) is 0 Å². The Morgan fingerprint density at radius 1 is 1.04 bits per heavy atom. The van der Waals surface area contributed by atoms with Crippen molar-refractivity contribution in [3.05, 3.63) is 69.7 Å². The molecule has 0 aromatic heterocycles. The van der Waals surface area contributed by atoms with Crippen LogP contribution in [-0.4, -0.2) is 36.9 Å². The predicted molar refractivity (Wildman–Crippen MR) is 96.6 cm³/mol. The Morgan fingerprint density at radius 3 is 2.46 bits per heavy atom. The molecule has 6 heteroatoms. The van der Waals surface area contributed by atoms with Crippen LogP contribution in [0.4, 0.5) is 0 Å². The zero-order chi connectivity index (χ0) is 17.5. The Kier molecular flexibility index (Phi) is 6.64. The highest BCUT2D eigenvalue weighted by Crippen LogP contribution is 2.25. The van der Waals surface area contributed by atoms with Gasteiger partial charge in [-0.3, -0.25) is 9.59 Å². The smallest absolute Gasteiger partial charge is 0.254 e. The van der Waals surface area contributed by atoms with Crippen LogP contribution in [0.5, 0.6) is 0 Å². The van der Waals surface area contributed by atoms with Crippen molar-refractivity contribution >= 4 is 35.0 Å². The molecule has 0 saturated heterocycles. The summed E-state index contributed by atoms with van der Waals surface area (Å²) in [5.74, 6) is -0.413. The fraction of sp³-hybridized carbons (Fsp3) is 0.222. The lowest BCUT2D eigenvalue weighted by Crippen LogP contribution is -2.39. The molecule has 2 amide bonds. The van der Waals surface area contributed by atoms with Crippen molar-refractivity contribution in [1.82, 2.24) is 10.2 Å². The van der Waals surface area contributed by atoms with E-state index in [1.54, 1.807) is 37.4 Å². The number of hydrogen-bond donors (Lipinski definition) is 1. The lowest BCUT2D eigenvalue weighted by Gasteiger charge is -2.17. The first kappa shape index (κ1) is 18.3. The topological polar surface area (TPSA) is 49.4 Å². The Labute approximate surface area is 151 Å². The summed E-state index contributed by atoms with van der Waals surface area (Å²) in [5.41, 5.74) is 1.43. The zero-order valence-electron chi connectivity index (χ0n) is 13.3. The predicted octanol–water partition coefficient (Wildman–Crippen LogP) is 3.42. The molecule has 0 unspecified atom stereocenters. The Bertz CT molecular complexity index is 720. The first-order valence-electron chi connectivity index (χ1n) is 7.49. The molecule has 4 nitrogen and oxygen atoms in total. The molecular weight excluding hydrogens is 347 g/mol. The summed E-state index contributed by atoms with van der Waals surface area (Å²) >= 11 is 12.1. The number of likely N-dealkylation sites (N-methyl/N-ethyl adjacent to an activating group) is 1. The zero-order valence-corrected chi connectivity index (χ0v) is 14.8. The molecule has 0 atom stereocenters. The Balaban J connectivity index is 1.81. The molecule has 0 aliphatic heterocycles. The Morgan fingerprint density at radius 2 is 1.75 bits per heavy atom. The highest BCUT2D eigenvalue weighted by atomic mass is 35.5. The van der Waals surface area contributed by atoms with E-state index in [1.807, 2.05) is 18.2 Å². The standard InChI is InChI=1S/C18H18Cl2N2O2/c1-22(18(24)14-6-3-2-4-7-14)12-16(23)21-11-10-13-8-5-9-15(19)17(13)20/h2-9H,10-12H2,1H3,(H,21,23). The molecule has 0 spiro atoms. The minimum Gasteiger partial charge on any atom is -0.354 e. The second-order valence-electron chi connectivity index (χ2n) is 5.34. The monoisotopic (exact) mass is 364 g/mol. The van der Waals surface area contributed by atoms with Gasteiger partial charge in [-0.25, -0.2) is 0 Å². The minimum absolute atomic E-state index is 0.00297. The number of nitrogens with one attached hydrogen (secondary N) is 1. The molecule has 0 aliphatic rings. The van der Waals surface area contributed by atoms with Gasteiger partial charge in [-0.1, -0.05) is 53.5 Å². The Hall–Kier alpha value is -2.04. The van der Waals surface area contributed by atoms with E-state index in [0.29, 0.717) is 28.6 Å². The van der Waals surface area contributed by atoms with Gasteiger partial charge in [0.05, 0.1) is 16.6 Å². The molecule has 0 saturated carbocycles. The lowest BCUT2D eigenvalue weighted by molar-refractivity contribution is -0.121. The van der Waals surface area contributed by atoms with Crippen molar-refractivity contribution in [3.63, 3.8) is 0 Å². The van der Waals surface area contributed by atoms with Crippen LogP contribution in [-0.2, 0) is 11.2 Å². The van der Waals surface area contributed by atoms with E-state index < -0.39 is 0 Å². The quantitative estimate of drug-likeness (QED) is 0.853. The SMILES string of the molecule is CN(CC(=O)NCCc1cccc(Cl)c1Cl)C(=O)c1ccccc1. The highest BCUT2D eigenvalue weighted by molar-refractivity contribution is 6.42. The summed E-state index contributed by atoms with van der Waals surface area (Å²) < 4.78 is 0. The number of hydrogen-bond acceptors (Lipinski definition) is 2. The van der Waals surface area contributed by atoms with Crippen LogP contribution in [0.2, 0.25) is 10.0 Å². The number of carbonyl (C=O) groups is 2. The van der Waals surface area contributed by atoms with Gasteiger partial charge in [0.25, 0.3) is 5.91 Å². The van der Waals surface area contributed by atoms with Gasteiger partial charge in [0.1, 0.15) is 0 Å². The van der Waals surface area contributed by atoms with Crippen LogP contribution >= 0.6 is 23.2 Å². The summed E-state index contributed by atoms with van der Waals surface area (Å²) in [5, 5.41) is 3.78. The van der Waals surface area contributed by atoms with Gasteiger partial charge in [-0.15, -0.1) is 0 Å². The fourth-order valence-electron chi connectivity index (χ4n) is 2.22. The van der Waals surface area contributed by atoms with Crippen molar-refractivity contribution in [2.24, 2.45) is 0 Å². The number of nitrogens with zero attached hydrogens (tertiary/aromatic N) is 1. The fourth-order valence-corrected chi connectivity index (χ4v) is 2.64. The molecule has 2 aromatic rings. The lowest BCUT2D eigenvalue weighted by atomic mass is 10.1. The number of amides is 2. The molecule has 0 heterocycles. The van der Waals surface area contributed by atoms with Gasteiger partial charge < -0.3 is 10.2 Å². The minimum atomic E-state index is -0.222. The first-order valence-corrected chi connectivity index (χ1v) is 8.24. The van der Waals surface area contributed by atoms with Crippen molar-refractivity contribution in [2.75, 3.05) is 20.1 Å². The maximum atomic E-state index is 12.2. The third-order valence-corrected chi connectivity index (χ3v) is 4.35. The van der Waals surface area contributed by atoms with Crippen LogP contribution in [0, 0.1) is 0 Å². The maximum absolute atomic E-state index is 12.2. The number of benzene rings is 2. The number of rotatable bonds is 6. The number of halogens is 2. The third-order valence-electron chi connectivity index (χ3n) is 3.50. The van der Waals surface area contributed by atoms with E-state index >= 15 is 0 Å². The average Bonchev–Trinajstić information content (AvgIpc) is 2.58. The van der Waals surface area contributed by atoms with Crippen molar-refractivity contribution in [2.45, 2.75) is 6.42 Å². The normalized spacial score (nSPS) is 10.3. The van der Waals surface area contributed by atoms with Gasteiger partial charge in [0, 0.05) is 19.2 Å². The summed E-state index contributed by atoms with van der Waals surface area (Å²) in [4.78, 5) is 25.5. The van der Waals surface area contributed by atoms with E-state index in [-0.39, 0.29) is 18.4 Å². The number of carbonyl (C=O) groups excluding carboxylic acids is 2. The molecule has 24 heavy (non-hydrogen) atoms. The molecule has 0 bridgehead atoms. The first-order chi connectivity index (χ1) is 11.5.